The number of ether oxygens (including phenoxy) is 1. The fourth-order valence-electron chi connectivity index (χ4n) is 2.34. The van der Waals surface area contributed by atoms with Crippen LogP contribution in [0.5, 0.6) is 5.75 Å². The minimum atomic E-state index is -0.509. The lowest BCUT2D eigenvalue weighted by molar-refractivity contribution is -0.118. The van der Waals surface area contributed by atoms with E-state index in [2.05, 4.69) is 10.6 Å². The smallest absolute Gasteiger partial charge is 0.343 e. The average Bonchev–Trinajstić information content (AvgIpc) is 2.67. The monoisotopic (exact) mass is 397 g/mol. The topological polar surface area (TPSA) is 87.7 Å². The molecule has 0 saturated carbocycles. The van der Waals surface area contributed by atoms with Gasteiger partial charge in [-0.05, 0) is 62.4 Å². The van der Waals surface area contributed by atoms with Crippen LogP contribution in [-0.4, -0.2) is 31.0 Å². The maximum absolute atomic E-state index is 12.3. The van der Waals surface area contributed by atoms with Gasteiger partial charge in [0.15, 0.2) is 0 Å². The van der Waals surface area contributed by atoms with Crippen LogP contribution in [0.2, 0.25) is 0 Å². The maximum atomic E-state index is 12.3. The van der Waals surface area contributed by atoms with Crippen LogP contribution in [0.3, 0.4) is 0 Å². The standard InChI is InChI=1S/C22H27N3O4/c1-14(2)20(26)24-17-8-6-16(7-9-17)21(27)29-19-12-10-18(11-13-19)25(5)22(28)23-15(3)4/h6-15H,1-5H3,(H,23,28)(H,24,26). The molecule has 0 bridgehead atoms. The molecule has 0 radical (unpaired) electrons. The summed E-state index contributed by atoms with van der Waals surface area (Å²) < 4.78 is 5.37. The Morgan fingerprint density at radius 2 is 1.48 bits per heavy atom. The number of carbonyl (C=O) groups excluding carboxylic acids is 3. The van der Waals surface area contributed by atoms with Crippen molar-refractivity contribution in [2.45, 2.75) is 33.7 Å². The summed E-state index contributed by atoms with van der Waals surface area (Å²) in [5.74, 6) is -0.357. The predicted octanol–water partition coefficient (Wildman–Crippen LogP) is 4.05. The van der Waals surface area contributed by atoms with Crippen molar-refractivity contribution in [1.29, 1.82) is 0 Å². The summed E-state index contributed by atoms with van der Waals surface area (Å²) in [5, 5.41) is 5.57. The van der Waals surface area contributed by atoms with E-state index in [1.807, 2.05) is 13.8 Å². The second kappa shape index (κ2) is 9.73. The molecule has 0 fully saturated rings. The fourth-order valence-corrected chi connectivity index (χ4v) is 2.34. The van der Waals surface area contributed by atoms with E-state index in [1.54, 1.807) is 69.4 Å². The maximum Gasteiger partial charge on any atom is 0.343 e. The highest BCUT2D eigenvalue weighted by Crippen LogP contribution is 2.20. The molecule has 29 heavy (non-hydrogen) atoms. The lowest BCUT2D eigenvalue weighted by atomic mass is 10.1. The Bertz CT molecular complexity index is 859. The van der Waals surface area contributed by atoms with Gasteiger partial charge >= 0.3 is 12.0 Å². The van der Waals surface area contributed by atoms with Crippen LogP contribution >= 0.6 is 0 Å². The molecule has 7 nitrogen and oxygen atoms in total. The summed E-state index contributed by atoms with van der Waals surface area (Å²) in [6, 6.07) is 13.0. The van der Waals surface area contributed by atoms with E-state index in [-0.39, 0.29) is 23.9 Å². The molecule has 0 atom stereocenters. The first-order valence-electron chi connectivity index (χ1n) is 9.44. The second-order valence-electron chi connectivity index (χ2n) is 7.27. The zero-order valence-corrected chi connectivity index (χ0v) is 17.4. The number of nitrogens with one attached hydrogen (secondary N) is 2. The van der Waals surface area contributed by atoms with Crippen molar-refractivity contribution in [3.8, 4) is 5.75 Å². The molecule has 0 aliphatic heterocycles. The van der Waals surface area contributed by atoms with E-state index < -0.39 is 5.97 Å². The molecule has 0 heterocycles. The van der Waals surface area contributed by atoms with Crippen molar-refractivity contribution >= 4 is 29.3 Å². The number of anilines is 2. The molecule has 154 valence electrons. The summed E-state index contributed by atoms with van der Waals surface area (Å²) in [6.45, 7) is 7.39. The summed E-state index contributed by atoms with van der Waals surface area (Å²) in [7, 11) is 1.67. The third kappa shape index (κ3) is 6.34. The van der Waals surface area contributed by atoms with Crippen LogP contribution in [0.4, 0.5) is 16.2 Å². The minimum absolute atomic E-state index is 0.0373. The molecule has 2 rings (SSSR count). The highest BCUT2D eigenvalue weighted by Gasteiger charge is 2.13. The minimum Gasteiger partial charge on any atom is -0.423 e. The Labute approximate surface area is 171 Å². The predicted molar refractivity (Wildman–Crippen MR) is 113 cm³/mol. The Kier molecular flexibility index (Phi) is 7.36. The Hall–Kier alpha value is -3.35. The summed E-state index contributed by atoms with van der Waals surface area (Å²) in [6.07, 6.45) is 0. The van der Waals surface area contributed by atoms with Crippen molar-refractivity contribution in [3.63, 3.8) is 0 Å². The van der Waals surface area contributed by atoms with Gasteiger partial charge in [0.05, 0.1) is 5.56 Å². The van der Waals surface area contributed by atoms with Gasteiger partial charge in [-0.1, -0.05) is 13.8 Å². The van der Waals surface area contributed by atoms with Gasteiger partial charge in [-0.15, -0.1) is 0 Å². The number of carbonyl (C=O) groups is 3. The van der Waals surface area contributed by atoms with E-state index in [9.17, 15) is 14.4 Å². The zero-order chi connectivity index (χ0) is 21.6. The van der Waals surface area contributed by atoms with Gasteiger partial charge < -0.3 is 15.4 Å². The Balaban J connectivity index is 1.98. The highest BCUT2D eigenvalue weighted by molar-refractivity contribution is 5.94. The molecule has 0 aromatic heterocycles. The van der Waals surface area contributed by atoms with E-state index in [0.717, 1.165) is 0 Å². The number of benzene rings is 2. The van der Waals surface area contributed by atoms with Gasteiger partial charge in [0.2, 0.25) is 5.91 Å². The lowest BCUT2D eigenvalue weighted by Gasteiger charge is -2.20. The second-order valence-corrected chi connectivity index (χ2v) is 7.27. The van der Waals surface area contributed by atoms with Crippen molar-refractivity contribution < 1.29 is 19.1 Å². The van der Waals surface area contributed by atoms with Crippen LogP contribution < -0.4 is 20.3 Å². The first kappa shape index (κ1) is 21.9. The van der Waals surface area contributed by atoms with E-state index in [1.165, 1.54) is 4.90 Å². The van der Waals surface area contributed by atoms with Crippen molar-refractivity contribution in [2.24, 2.45) is 5.92 Å². The molecule has 2 aromatic rings. The molecule has 7 heteroatoms. The molecule has 0 aliphatic carbocycles. The van der Waals surface area contributed by atoms with Gasteiger partial charge in [0.25, 0.3) is 0 Å². The SMILES string of the molecule is CC(C)NC(=O)N(C)c1ccc(OC(=O)c2ccc(NC(=O)C(C)C)cc2)cc1. The highest BCUT2D eigenvalue weighted by atomic mass is 16.5. The van der Waals surface area contributed by atoms with Gasteiger partial charge in [0.1, 0.15) is 5.75 Å². The van der Waals surface area contributed by atoms with Gasteiger partial charge in [0, 0.05) is 30.4 Å². The van der Waals surface area contributed by atoms with Gasteiger partial charge in [-0.2, -0.15) is 0 Å². The quantitative estimate of drug-likeness (QED) is 0.568. The average molecular weight is 397 g/mol. The van der Waals surface area contributed by atoms with Crippen molar-refractivity contribution in [2.75, 3.05) is 17.3 Å². The number of hydrogen-bond donors (Lipinski definition) is 2. The number of esters is 1. The number of hydrogen-bond acceptors (Lipinski definition) is 4. The summed E-state index contributed by atoms with van der Waals surface area (Å²) in [5.41, 5.74) is 1.66. The van der Waals surface area contributed by atoms with Crippen LogP contribution in [0.15, 0.2) is 48.5 Å². The molecule has 0 aliphatic rings. The summed E-state index contributed by atoms with van der Waals surface area (Å²) >= 11 is 0. The number of amides is 3. The molecule has 3 amide bonds. The number of rotatable bonds is 6. The molecular formula is C22H27N3O4. The van der Waals surface area contributed by atoms with E-state index in [4.69, 9.17) is 4.74 Å². The molecule has 2 aromatic carbocycles. The fraction of sp³-hybridized carbons (Fsp3) is 0.318. The van der Waals surface area contributed by atoms with Crippen LogP contribution in [0.1, 0.15) is 38.1 Å². The van der Waals surface area contributed by atoms with E-state index in [0.29, 0.717) is 22.7 Å². The number of nitrogens with zero attached hydrogens (tertiary/aromatic N) is 1. The first-order chi connectivity index (χ1) is 13.7. The lowest BCUT2D eigenvalue weighted by Crippen LogP contribution is -2.40. The van der Waals surface area contributed by atoms with Crippen LogP contribution in [0, 0.1) is 5.92 Å². The Morgan fingerprint density at radius 3 is 2.00 bits per heavy atom. The third-order valence-electron chi connectivity index (χ3n) is 4.06. The first-order valence-corrected chi connectivity index (χ1v) is 9.44. The largest absolute Gasteiger partial charge is 0.423 e. The molecular weight excluding hydrogens is 370 g/mol. The number of urea groups is 1. The third-order valence-corrected chi connectivity index (χ3v) is 4.06. The molecule has 2 N–H and O–H groups in total. The van der Waals surface area contributed by atoms with Gasteiger partial charge in [-0.25, -0.2) is 9.59 Å². The van der Waals surface area contributed by atoms with Crippen LogP contribution in [-0.2, 0) is 4.79 Å². The normalized spacial score (nSPS) is 10.6. The molecule has 0 spiro atoms. The molecule has 0 unspecified atom stereocenters. The van der Waals surface area contributed by atoms with Crippen LogP contribution in [0.25, 0.3) is 0 Å². The molecule has 0 saturated heterocycles. The van der Waals surface area contributed by atoms with Gasteiger partial charge in [-0.3, -0.25) is 9.69 Å². The van der Waals surface area contributed by atoms with Crippen molar-refractivity contribution in [3.05, 3.63) is 54.1 Å². The summed E-state index contributed by atoms with van der Waals surface area (Å²) in [4.78, 5) is 37.5. The van der Waals surface area contributed by atoms with Crippen molar-refractivity contribution in [1.82, 2.24) is 5.32 Å². The van der Waals surface area contributed by atoms with E-state index >= 15 is 0 Å². The Morgan fingerprint density at radius 1 is 0.897 bits per heavy atom. The zero-order valence-electron chi connectivity index (χ0n) is 17.4.